The average molecular weight is 486 g/mol. The van der Waals surface area contributed by atoms with E-state index in [0.29, 0.717) is 6.10 Å². The molecule has 1 aromatic rings. The van der Waals surface area contributed by atoms with E-state index in [1.807, 2.05) is 7.05 Å². The van der Waals surface area contributed by atoms with Crippen LogP contribution in [0.5, 0.6) is 0 Å². The quantitative estimate of drug-likeness (QED) is 0.403. The van der Waals surface area contributed by atoms with Crippen LogP contribution >= 0.6 is 24.0 Å². The minimum Gasteiger partial charge on any atom is -0.376 e. The Balaban J connectivity index is 0.00000261. The number of ether oxygens (including phenoxy) is 1. The number of piperidine rings is 1. The fourth-order valence-corrected chi connectivity index (χ4v) is 4.03. The molecule has 2 unspecified atom stereocenters. The number of rotatable bonds is 4. The zero-order valence-corrected chi connectivity index (χ0v) is 19.3. The molecule has 2 aliphatic rings. The molecule has 3 rings (SSSR count). The Bertz CT molecular complexity index is 610. The van der Waals surface area contributed by atoms with Gasteiger partial charge in [0.15, 0.2) is 5.96 Å². The normalized spacial score (nSPS) is 24.4. The van der Waals surface area contributed by atoms with Crippen molar-refractivity contribution in [3.05, 3.63) is 35.4 Å². The molecule has 27 heavy (non-hydrogen) atoms. The van der Waals surface area contributed by atoms with Gasteiger partial charge in [0.2, 0.25) is 0 Å². The molecule has 0 aromatic heterocycles. The smallest absolute Gasteiger partial charge is 0.193 e. The SMILES string of the molecule is CN=C(NCc1cccc(CN2CCOC(C)C2)c1)N1CCCC(C)C1.I. The maximum Gasteiger partial charge on any atom is 0.193 e. The highest BCUT2D eigenvalue weighted by molar-refractivity contribution is 14.0. The van der Waals surface area contributed by atoms with Gasteiger partial charge in [-0.15, -0.1) is 24.0 Å². The molecule has 0 spiro atoms. The predicted octanol–water partition coefficient (Wildman–Crippen LogP) is 3.33. The van der Waals surface area contributed by atoms with E-state index in [1.54, 1.807) is 0 Å². The molecule has 0 saturated carbocycles. The third-order valence-electron chi connectivity index (χ3n) is 5.34. The lowest BCUT2D eigenvalue weighted by Crippen LogP contribution is -2.45. The molecule has 1 aromatic carbocycles. The molecule has 0 amide bonds. The molecular weight excluding hydrogens is 451 g/mol. The summed E-state index contributed by atoms with van der Waals surface area (Å²) in [6.45, 7) is 11.4. The molecule has 0 bridgehead atoms. The third-order valence-corrected chi connectivity index (χ3v) is 5.34. The molecule has 2 heterocycles. The van der Waals surface area contributed by atoms with E-state index in [1.165, 1.54) is 24.0 Å². The van der Waals surface area contributed by atoms with E-state index in [2.05, 4.69) is 58.2 Å². The van der Waals surface area contributed by atoms with E-state index in [4.69, 9.17) is 4.74 Å². The summed E-state index contributed by atoms with van der Waals surface area (Å²) in [5, 5.41) is 3.56. The number of likely N-dealkylation sites (tertiary alicyclic amines) is 1. The van der Waals surface area contributed by atoms with Crippen molar-refractivity contribution in [2.45, 2.75) is 45.9 Å². The molecule has 152 valence electrons. The molecule has 1 N–H and O–H groups in total. The second-order valence-electron chi connectivity index (χ2n) is 7.83. The summed E-state index contributed by atoms with van der Waals surface area (Å²) in [6.07, 6.45) is 2.93. The Morgan fingerprint density at radius 1 is 1.22 bits per heavy atom. The van der Waals surface area contributed by atoms with Crippen LogP contribution in [0, 0.1) is 5.92 Å². The molecular formula is C21H35IN4O. The van der Waals surface area contributed by atoms with Crippen molar-refractivity contribution in [2.75, 3.05) is 39.8 Å². The highest BCUT2D eigenvalue weighted by Gasteiger charge is 2.19. The number of nitrogens with zero attached hydrogens (tertiary/aromatic N) is 3. The Kier molecular flexibility index (Phi) is 9.32. The number of morpholine rings is 1. The molecule has 0 aliphatic carbocycles. The van der Waals surface area contributed by atoms with Gasteiger partial charge in [0, 0.05) is 46.3 Å². The van der Waals surface area contributed by atoms with Crippen LogP contribution in [-0.2, 0) is 17.8 Å². The Labute approximate surface area is 181 Å². The van der Waals surface area contributed by atoms with Gasteiger partial charge in [0.05, 0.1) is 12.7 Å². The summed E-state index contributed by atoms with van der Waals surface area (Å²) in [6, 6.07) is 8.91. The second kappa shape index (κ2) is 11.2. The van der Waals surface area contributed by atoms with E-state index < -0.39 is 0 Å². The first-order chi connectivity index (χ1) is 12.6. The lowest BCUT2D eigenvalue weighted by molar-refractivity contribution is -0.0212. The number of nitrogens with one attached hydrogen (secondary N) is 1. The largest absolute Gasteiger partial charge is 0.376 e. The van der Waals surface area contributed by atoms with Gasteiger partial charge in [-0.05, 0) is 36.8 Å². The lowest BCUT2D eigenvalue weighted by atomic mass is 10.0. The fourth-order valence-electron chi connectivity index (χ4n) is 4.03. The van der Waals surface area contributed by atoms with Gasteiger partial charge in [0.25, 0.3) is 0 Å². The number of aliphatic imine (C=N–C) groups is 1. The van der Waals surface area contributed by atoms with Crippen molar-refractivity contribution in [1.82, 2.24) is 15.1 Å². The molecule has 2 atom stereocenters. The molecule has 2 fully saturated rings. The zero-order chi connectivity index (χ0) is 18.4. The zero-order valence-electron chi connectivity index (χ0n) is 17.0. The Hall–Kier alpha value is -0.860. The van der Waals surface area contributed by atoms with Crippen molar-refractivity contribution < 1.29 is 4.74 Å². The van der Waals surface area contributed by atoms with Crippen LogP contribution in [0.4, 0.5) is 0 Å². The Morgan fingerprint density at radius 3 is 2.78 bits per heavy atom. The molecule has 2 saturated heterocycles. The number of hydrogen-bond donors (Lipinski definition) is 1. The first kappa shape index (κ1) is 22.4. The number of halogens is 1. The highest BCUT2D eigenvalue weighted by Crippen LogP contribution is 2.16. The number of hydrogen-bond acceptors (Lipinski definition) is 3. The van der Waals surface area contributed by atoms with Crippen LogP contribution in [-0.4, -0.2) is 61.7 Å². The van der Waals surface area contributed by atoms with Crippen LogP contribution in [0.3, 0.4) is 0 Å². The van der Waals surface area contributed by atoms with Gasteiger partial charge in [-0.3, -0.25) is 9.89 Å². The van der Waals surface area contributed by atoms with Crippen molar-refractivity contribution in [3.8, 4) is 0 Å². The Morgan fingerprint density at radius 2 is 2.04 bits per heavy atom. The van der Waals surface area contributed by atoms with Gasteiger partial charge in [-0.2, -0.15) is 0 Å². The maximum absolute atomic E-state index is 5.64. The van der Waals surface area contributed by atoms with Gasteiger partial charge in [0.1, 0.15) is 0 Å². The van der Waals surface area contributed by atoms with Gasteiger partial charge < -0.3 is 15.0 Å². The number of benzene rings is 1. The van der Waals surface area contributed by atoms with Crippen molar-refractivity contribution in [3.63, 3.8) is 0 Å². The standard InChI is InChI=1S/C21H34N4O.HI/c1-17-6-5-9-25(14-17)21(22-3)23-13-19-7-4-8-20(12-19)16-24-10-11-26-18(2)15-24;/h4,7-8,12,17-18H,5-6,9-11,13-16H2,1-3H3,(H,22,23);1H. The summed E-state index contributed by atoms with van der Waals surface area (Å²) < 4.78 is 5.64. The minimum atomic E-state index is 0. The summed E-state index contributed by atoms with van der Waals surface area (Å²) in [4.78, 5) is 9.37. The third kappa shape index (κ3) is 6.91. The molecule has 5 nitrogen and oxygen atoms in total. The average Bonchev–Trinajstić information content (AvgIpc) is 2.63. The summed E-state index contributed by atoms with van der Waals surface area (Å²) in [5.74, 6) is 1.78. The number of guanidine groups is 1. The van der Waals surface area contributed by atoms with Crippen LogP contribution < -0.4 is 5.32 Å². The summed E-state index contributed by atoms with van der Waals surface area (Å²) >= 11 is 0. The van der Waals surface area contributed by atoms with Gasteiger partial charge in [-0.25, -0.2) is 0 Å². The van der Waals surface area contributed by atoms with E-state index >= 15 is 0 Å². The van der Waals surface area contributed by atoms with Crippen LogP contribution in [0.2, 0.25) is 0 Å². The van der Waals surface area contributed by atoms with Crippen molar-refractivity contribution in [1.29, 1.82) is 0 Å². The van der Waals surface area contributed by atoms with Crippen LogP contribution in [0.25, 0.3) is 0 Å². The van der Waals surface area contributed by atoms with Gasteiger partial charge >= 0.3 is 0 Å². The molecule has 0 radical (unpaired) electrons. The summed E-state index contributed by atoms with van der Waals surface area (Å²) in [5.41, 5.74) is 2.69. The van der Waals surface area contributed by atoms with E-state index in [0.717, 1.165) is 57.8 Å². The lowest BCUT2D eigenvalue weighted by Gasteiger charge is -2.33. The maximum atomic E-state index is 5.64. The highest BCUT2D eigenvalue weighted by atomic mass is 127. The summed E-state index contributed by atoms with van der Waals surface area (Å²) in [7, 11) is 1.89. The van der Waals surface area contributed by atoms with Crippen molar-refractivity contribution >= 4 is 29.9 Å². The van der Waals surface area contributed by atoms with E-state index in [9.17, 15) is 0 Å². The minimum absolute atomic E-state index is 0. The predicted molar refractivity (Wildman–Crippen MR) is 123 cm³/mol. The first-order valence-corrected chi connectivity index (χ1v) is 10.0. The first-order valence-electron chi connectivity index (χ1n) is 10.0. The van der Waals surface area contributed by atoms with Gasteiger partial charge in [-0.1, -0.05) is 31.2 Å². The van der Waals surface area contributed by atoms with E-state index in [-0.39, 0.29) is 24.0 Å². The van der Waals surface area contributed by atoms with Crippen LogP contribution in [0.1, 0.15) is 37.8 Å². The topological polar surface area (TPSA) is 40.1 Å². The molecule has 2 aliphatic heterocycles. The van der Waals surface area contributed by atoms with Crippen molar-refractivity contribution in [2.24, 2.45) is 10.9 Å². The monoisotopic (exact) mass is 486 g/mol. The molecule has 6 heteroatoms. The second-order valence-corrected chi connectivity index (χ2v) is 7.83. The van der Waals surface area contributed by atoms with Crippen LogP contribution in [0.15, 0.2) is 29.3 Å². The fraction of sp³-hybridized carbons (Fsp3) is 0.667.